The van der Waals surface area contributed by atoms with Crippen LogP contribution in [0, 0.1) is 0 Å². The average Bonchev–Trinajstić information content (AvgIpc) is 3.04. The predicted molar refractivity (Wildman–Crippen MR) is 110 cm³/mol. The van der Waals surface area contributed by atoms with Gasteiger partial charge in [-0.3, -0.25) is 4.99 Å². The number of methoxy groups -OCH3 is 1. The van der Waals surface area contributed by atoms with Gasteiger partial charge in [0.05, 0.1) is 19.1 Å². The molecule has 1 aliphatic heterocycles. The highest BCUT2D eigenvalue weighted by Gasteiger charge is 2.26. The van der Waals surface area contributed by atoms with E-state index in [0.29, 0.717) is 12.5 Å². The summed E-state index contributed by atoms with van der Waals surface area (Å²) >= 11 is 0. The smallest absolute Gasteiger partial charge is 0.209 e. The predicted octanol–water partition coefficient (Wildman–Crippen LogP) is 0.767. The van der Waals surface area contributed by atoms with Crippen LogP contribution in [0.2, 0.25) is 0 Å². The van der Waals surface area contributed by atoms with E-state index in [1.807, 2.05) is 32.0 Å². The highest BCUT2D eigenvalue weighted by Crippen LogP contribution is 2.30. The molecule has 1 aromatic rings. The summed E-state index contributed by atoms with van der Waals surface area (Å²) < 4.78 is 31.0. The molecule has 3 N–H and O–H groups in total. The summed E-state index contributed by atoms with van der Waals surface area (Å²) in [6, 6.07) is 8.25. The number of sulfonamides is 1. The third kappa shape index (κ3) is 6.59. The van der Waals surface area contributed by atoms with Crippen LogP contribution in [0.25, 0.3) is 0 Å². The molecule has 1 atom stereocenters. The van der Waals surface area contributed by atoms with Crippen molar-refractivity contribution < 1.29 is 13.2 Å². The lowest BCUT2D eigenvalue weighted by Gasteiger charge is -2.27. The van der Waals surface area contributed by atoms with Gasteiger partial charge in [0.1, 0.15) is 5.75 Å². The summed E-state index contributed by atoms with van der Waals surface area (Å²) in [6.07, 6.45) is 2.14. The molecule has 1 saturated heterocycles. The lowest BCUT2D eigenvalue weighted by molar-refractivity contribution is 0.415. The lowest BCUT2D eigenvalue weighted by Crippen LogP contribution is -2.54. The molecule has 0 aliphatic carbocycles. The van der Waals surface area contributed by atoms with Gasteiger partial charge in [-0.05, 0) is 32.4 Å². The van der Waals surface area contributed by atoms with Gasteiger partial charge in [-0.1, -0.05) is 12.1 Å². The fourth-order valence-corrected chi connectivity index (χ4v) is 4.29. The van der Waals surface area contributed by atoms with Gasteiger partial charge in [0.25, 0.3) is 0 Å². The molecule has 1 aromatic carbocycles. The second-order valence-electron chi connectivity index (χ2n) is 7.43. The van der Waals surface area contributed by atoms with Crippen molar-refractivity contribution in [3.63, 3.8) is 0 Å². The fraction of sp³-hybridized carbons (Fsp3) is 0.611. The number of nitrogens with one attached hydrogen (secondary N) is 3. The third-order valence-corrected chi connectivity index (χ3v) is 5.26. The minimum atomic E-state index is -3.27. The van der Waals surface area contributed by atoms with Crippen molar-refractivity contribution >= 4 is 21.7 Å². The number of para-hydroxylation sites is 2. The summed E-state index contributed by atoms with van der Waals surface area (Å²) in [5.74, 6) is 1.53. The Morgan fingerprint density at radius 3 is 2.70 bits per heavy atom. The number of rotatable bonds is 7. The maximum atomic E-state index is 11.5. The number of aliphatic imine (C=N–C) groups is 1. The number of nitrogens with zero attached hydrogens (tertiary/aromatic N) is 2. The van der Waals surface area contributed by atoms with Crippen LogP contribution < -0.4 is 25.0 Å². The number of hydrogen-bond donors (Lipinski definition) is 3. The van der Waals surface area contributed by atoms with Crippen molar-refractivity contribution in [1.82, 2.24) is 15.4 Å². The molecule has 0 amide bonds. The zero-order valence-corrected chi connectivity index (χ0v) is 17.6. The molecule has 0 spiro atoms. The van der Waals surface area contributed by atoms with Gasteiger partial charge >= 0.3 is 0 Å². The largest absolute Gasteiger partial charge is 0.495 e. The molecule has 2 rings (SSSR count). The molecule has 0 aromatic heterocycles. The Labute approximate surface area is 162 Å². The zero-order valence-electron chi connectivity index (χ0n) is 16.7. The maximum Gasteiger partial charge on any atom is 0.209 e. The number of guanidine groups is 1. The Balaban J connectivity index is 1.91. The molecule has 1 heterocycles. The first-order chi connectivity index (χ1) is 12.6. The van der Waals surface area contributed by atoms with Crippen molar-refractivity contribution in [3.8, 4) is 5.75 Å². The first-order valence-electron chi connectivity index (χ1n) is 8.97. The van der Waals surface area contributed by atoms with Crippen molar-refractivity contribution in [1.29, 1.82) is 0 Å². The van der Waals surface area contributed by atoms with Gasteiger partial charge in [0.2, 0.25) is 10.0 Å². The van der Waals surface area contributed by atoms with Crippen molar-refractivity contribution in [2.45, 2.75) is 31.8 Å². The molecular weight excluding hydrogens is 366 g/mol. The van der Waals surface area contributed by atoms with Crippen LogP contribution in [0.15, 0.2) is 29.3 Å². The average molecular weight is 398 g/mol. The number of ether oxygens (including phenoxy) is 1. The zero-order chi connectivity index (χ0) is 20.1. The van der Waals surface area contributed by atoms with Crippen LogP contribution in [0.3, 0.4) is 0 Å². The first-order valence-corrected chi connectivity index (χ1v) is 10.9. The van der Waals surface area contributed by atoms with Gasteiger partial charge in [0, 0.05) is 38.3 Å². The Kier molecular flexibility index (Phi) is 6.94. The van der Waals surface area contributed by atoms with Gasteiger partial charge in [-0.15, -0.1) is 0 Å². The van der Waals surface area contributed by atoms with Crippen LogP contribution in [-0.4, -0.2) is 66.0 Å². The number of anilines is 1. The Bertz CT molecular complexity index is 764. The van der Waals surface area contributed by atoms with E-state index in [1.165, 1.54) is 0 Å². The van der Waals surface area contributed by atoms with Gasteiger partial charge in [-0.2, -0.15) is 0 Å². The van der Waals surface area contributed by atoms with Gasteiger partial charge < -0.3 is 20.3 Å². The van der Waals surface area contributed by atoms with E-state index in [4.69, 9.17) is 4.74 Å². The minimum Gasteiger partial charge on any atom is -0.495 e. The van der Waals surface area contributed by atoms with Crippen LogP contribution in [0.5, 0.6) is 5.75 Å². The lowest BCUT2D eigenvalue weighted by atomic mass is 10.1. The molecular formula is C18H31N5O3S. The Morgan fingerprint density at radius 2 is 2.07 bits per heavy atom. The van der Waals surface area contributed by atoms with E-state index in [0.717, 1.165) is 37.2 Å². The summed E-state index contributed by atoms with van der Waals surface area (Å²) in [7, 11) is 0.119. The SMILES string of the molecule is CN=C(NCC(C)(C)NS(C)(=O)=O)NC1CCN(c2ccccc2OC)C1. The molecule has 1 unspecified atom stereocenters. The Hall–Kier alpha value is -2.00. The molecule has 9 heteroatoms. The van der Waals surface area contributed by atoms with Crippen LogP contribution in [-0.2, 0) is 10.0 Å². The minimum absolute atomic E-state index is 0.243. The van der Waals surface area contributed by atoms with Crippen LogP contribution >= 0.6 is 0 Å². The monoisotopic (exact) mass is 397 g/mol. The van der Waals surface area contributed by atoms with Crippen LogP contribution in [0.1, 0.15) is 20.3 Å². The summed E-state index contributed by atoms with van der Waals surface area (Å²) in [5.41, 5.74) is 0.468. The van der Waals surface area contributed by atoms with E-state index in [-0.39, 0.29) is 6.04 Å². The standard InChI is InChI=1S/C18H31N5O3S/c1-18(2,22-27(5,24)25)13-20-17(19-3)21-14-10-11-23(12-14)15-8-6-7-9-16(15)26-4/h6-9,14,22H,10-13H2,1-5H3,(H2,19,20,21). The van der Waals surface area contributed by atoms with Crippen LogP contribution in [0.4, 0.5) is 5.69 Å². The molecule has 0 radical (unpaired) electrons. The molecule has 152 valence electrons. The second-order valence-corrected chi connectivity index (χ2v) is 9.18. The molecule has 1 fully saturated rings. The quantitative estimate of drug-likeness (QED) is 0.465. The highest BCUT2D eigenvalue weighted by molar-refractivity contribution is 7.88. The second kappa shape index (κ2) is 8.79. The van der Waals surface area contributed by atoms with E-state index >= 15 is 0 Å². The van der Waals surface area contributed by atoms with Crippen molar-refractivity contribution in [3.05, 3.63) is 24.3 Å². The molecule has 0 saturated carbocycles. The topological polar surface area (TPSA) is 95.1 Å². The van der Waals surface area contributed by atoms with Crippen molar-refractivity contribution in [2.75, 3.05) is 44.9 Å². The molecule has 27 heavy (non-hydrogen) atoms. The highest BCUT2D eigenvalue weighted by atomic mass is 32.2. The van der Waals surface area contributed by atoms with E-state index in [1.54, 1.807) is 14.2 Å². The van der Waals surface area contributed by atoms with Crippen molar-refractivity contribution in [2.24, 2.45) is 4.99 Å². The van der Waals surface area contributed by atoms with Gasteiger partial charge in [-0.25, -0.2) is 13.1 Å². The summed E-state index contributed by atoms with van der Waals surface area (Å²) in [5, 5.41) is 6.62. The number of benzene rings is 1. The Morgan fingerprint density at radius 1 is 1.37 bits per heavy atom. The molecule has 8 nitrogen and oxygen atoms in total. The van der Waals surface area contributed by atoms with Gasteiger partial charge in [0.15, 0.2) is 5.96 Å². The third-order valence-electron chi connectivity index (χ3n) is 4.34. The first kappa shape index (κ1) is 21.3. The molecule has 1 aliphatic rings. The maximum absolute atomic E-state index is 11.5. The van der Waals surface area contributed by atoms with E-state index in [9.17, 15) is 8.42 Å². The summed E-state index contributed by atoms with van der Waals surface area (Å²) in [4.78, 5) is 6.55. The van der Waals surface area contributed by atoms with E-state index < -0.39 is 15.6 Å². The van der Waals surface area contributed by atoms with E-state index in [2.05, 4.69) is 31.3 Å². The fourth-order valence-electron chi connectivity index (χ4n) is 3.22. The summed E-state index contributed by atoms with van der Waals surface area (Å²) in [6.45, 7) is 5.84. The molecule has 0 bridgehead atoms. The number of hydrogen-bond acceptors (Lipinski definition) is 5. The normalized spacial score (nSPS) is 18.5.